The Kier molecular flexibility index (Phi) is 7.09. The third kappa shape index (κ3) is 4.84. The van der Waals surface area contributed by atoms with Crippen molar-refractivity contribution >= 4 is 34.0 Å². The van der Waals surface area contributed by atoms with Crippen LogP contribution in [0.15, 0.2) is 47.4 Å². The van der Waals surface area contributed by atoms with E-state index < -0.39 is 10.0 Å². The molecule has 1 amide bonds. The minimum atomic E-state index is -3.78. The zero-order chi connectivity index (χ0) is 19.6. The molecule has 0 bridgehead atoms. The maximum absolute atomic E-state index is 12.9. The first-order valence-corrected chi connectivity index (χ1v) is 10.4. The lowest BCUT2D eigenvalue weighted by Crippen LogP contribution is -2.38. The predicted octanol–water partition coefficient (Wildman–Crippen LogP) is 2.96. The summed E-state index contributed by atoms with van der Waals surface area (Å²) < 4.78 is 28.1. The van der Waals surface area contributed by atoms with Crippen LogP contribution in [0.5, 0.6) is 0 Å². The van der Waals surface area contributed by atoms with Crippen LogP contribution in [-0.2, 0) is 10.0 Å². The normalized spacial score (nSPS) is 16.3. The molecule has 3 rings (SSSR count). The third-order valence-corrected chi connectivity index (χ3v) is 6.33. The van der Waals surface area contributed by atoms with Crippen molar-refractivity contribution in [1.82, 2.24) is 10.2 Å². The fraction of sp³-hybridized carbons (Fsp3) is 0.350. The number of likely N-dealkylation sites (N-methyl/N-ethyl adjacent to an activating group) is 1. The summed E-state index contributed by atoms with van der Waals surface area (Å²) in [5, 5.41) is 3.24. The molecule has 1 unspecified atom stereocenters. The average Bonchev–Trinajstić information content (AvgIpc) is 3.17. The van der Waals surface area contributed by atoms with Gasteiger partial charge in [-0.3, -0.25) is 9.52 Å². The summed E-state index contributed by atoms with van der Waals surface area (Å²) in [5.41, 5.74) is 2.71. The van der Waals surface area contributed by atoms with Gasteiger partial charge in [0.2, 0.25) is 0 Å². The lowest BCUT2D eigenvalue weighted by Gasteiger charge is -2.24. The number of amides is 1. The molecule has 0 saturated carbocycles. The van der Waals surface area contributed by atoms with E-state index in [0.29, 0.717) is 11.3 Å². The molecule has 1 atom stereocenters. The Morgan fingerprint density at radius 1 is 1.14 bits per heavy atom. The number of nitrogens with zero attached hydrogens (tertiary/aromatic N) is 1. The first-order valence-electron chi connectivity index (χ1n) is 8.96. The van der Waals surface area contributed by atoms with E-state index in [1.165, 1.54) is 12.1 Å². The Hall–Kier alpha value is -2.09. The van der Waals surface area contributed by atoms with Crippen LogP contribution in [0.3, 0.4) is 0 Å². The zero-order valence-corrected chi connectivity index (χ0v) is 17.9. The molecule has 2 N–H and O–H groups in total. The van der Waals surface area contributed by atoms with Crippen LogP contribution in [0.25, 0.3) is 0 Å². The minimum Gasteiger partial charge on any atom is -0.337 e. The Bertz CT molecular complexity index is 940. The van der Waals surface area contributed by atoms with E-state index in [2.05, 4.69) is 10.0 Å². The molecule has 8 heteroatoms. The fourth-order valence-corrected chi connectivity index (χ4v) is 4.24. The lowest BCUT2D eigenvalue weighted by molar-refractivity contribution is 0.0743. The van der Waals surface area contributed by atoms with E-state index in [-0.39, 0.29) is 29.3 Å². The number of carbonyl (C=O) groups excluding carboxylic acids is 1. The van der Waals surface area contributed by atoms with Crippen molar-refractivity contribution in [3.63, 3.8) is 0 Å². The van der Waals surface area contributed by atoms with E-state index >= 15 is 0 Å². The van der Waals surface area contributed by atoms with E-state index in [1.807, 2.05) is 26.0 Å². The van der Waals surface area contributed by atoms with Crippen molar-refractivity contribution in [2.45, 2.75) is 31.2 Å². The number of anilines is 1. The quantitative estimate of drug-likeness (QED) is 0.774. The van der Waals surface area contributed by atoms with Crippen molar-refractivity contribution in [2.24, 2.45) is 0 Å². The molecule has 152 valence electrons. The number of hydrogen-bond donors (Lipinski definition) is 2. The molecular weight excluding hydrogens is 398 g/mol. The van der Waals surface area contributed by atoms with E-state index in [9.17, 15) is 13.2 Å². The second-order valence-electron chi connectivity index (χ2n) is 7.01. The number of benzene rings is 2. The molecule has 6 nitrogen and oxygen atoms in total. The summed E-state index contributed by atoms with van der Waals surface area (Å²) in [5.74, 6) is -0.159. The minimum absolute atomic E-state index is 0. The standard InChI is InChI=1S/C20H25N3O3S.ClH/c1-14-4-7-16(8-5-14)22-27(25,26)18-9-6-15(2)19(12-18)20(24)23(3)17-10-11-21-13-17;/h4-9,12,17,21-22H,10-11,13H2,1-3H3;1H. The first kappa shape index (κ1) is 22.2. The molecule has 1 fully saturated rings. The van der Waals surface area contributed by atoms with Crippen molar-refractivity contribution in [2.75, 3.05) is 24.9 Å². The topological polar surface area (TPSA) is 78.5 Å². The molecule has 2 aromatic carbocycles. The van der Waals surface area contributed by atoms with Gasteiger partial charge in [0.25, 0.3) is 15.9 Å². The molecule has 0 radical (unpaired) electrons. The van der Waals surface area contributed by atoms with Gasteiger partial charge in [-0.15, -0.1) is 12.4 Å². The van der Waals surface area contributed by atoms with Gasteiger partial charge in [0.1, 0.15) is 0 Å². The monoisotopic (exact) mass is 423 g/mol. The fourth-order valence-electron chi connectivity index (χ4n) is 3.16. The maximum Gasteiger partial charge on any atom is 0.261 e. The molecule has 1 heterocycles. The Labute approximate surface area is 172 Å². The Balaban J connectivity index is 0.00000280. The largest absolute Gasteiger partial charge is 0.337 e. The molecular formula is C20H26ClN3O3S. The highest BCUT2D eigenvalue weighted by Crippen LogP contribution is 2.21. The molecule has 28 heavy (non-hydrogen) atoms. The van der Waals surface area contributed by atoms with Gasteiger partial charge in [-0.2, -0.15) is 0 Å². The van der Waals surface area contributed by atoms with Crippen LogP contribution >= 0.6 is 12.4 Å². The third-order valence-electron chi connectivity index (χ3n) is 4.96. The molecule has 1 aliphatic heterocycles. The number of hydrogen-bond acceptors (Lipinski definition) is 4. The maximum atomic E-state index is 12.9. The average molecular weight is 424 g/mol. The van der Waals surface area contributed by atoms with Crippen LogP contribution in [0.4, 0.5) is 5.69 Å². The number of sulfonamides is 1. The highest BCUT2D eigenvalue weighted by molar-refractivity contribution is 7.92. The van der Waals surface area contributed by atoms with Gasteiger partial charge in [-0.05, 0) is 56.6 Å². The molecule has 1 aliphatic rings. The highest BCUT2D eigenvalue weighted by Gasteiger charge is 2.26. The van der Waals surface area contributed by atoms with Gasteiger partial charge >= 0.3 is 0 Å². The van der Waals surface area contributed by atoms with E-state index in [0.717, 1.165) is 30.6 Å². The molecule has 0 spiro atoms. The predicted molar refractivity (Wildman–Crippen MR) is 114 cm³/mol. The smallest absolute Gasteiger partial charge is 0.261 e. The Morgan fingerprint density at radius 2 is 1.82 bits per heavy atom. The second kappa shape index (κ2) is 8.94. The van der Waals surface area contributed by atoms with Crippen LogP contribution in [0, 0.1) is 13.8 Å². The number of aryl methyl sites for hydroxylation is 2. The van der Waals surface area contributed by atoms with Crippen LogP contribution in [0.2, 0.25) is 0 Å². The molecule has 2 aromatic rings. The van der Waals surface area contributed by atoms with Crippen molar-refractivity contribution in [3.05, 3.63) is 59.2 Å². The van der Waals surface area contributed by atoms with Gasteiger partial charge in [0, 0.05) is 30.9 Å². The number of rotatable bonds is 5. The lowest BCUT2D eigenvalue weighted by atomic mass is 10.1. The summed E-state index contributed by atoms with van der Waals surface area (Å²) in [6, 6.07) is 11.9. The van der Waals surface area contributed by atoms with E-state index in [1.54, 1.807) is 30.1 Å². The van der Waals surface area contributed by atoms with Crippen LogP contribution in [0.1, 0.15) is 27.9 Å². The zero-order valence-electron chi connectivity index (χ0n) is 16.2. The first-order chi connectivity index (χ1) is 12.8. The van der Waals surface area contributed by atoms with Gasteiger partial charge in [-0.25, -0.2) is 8.42 Å². The summed E-state index contributed by atoms with van der Waals surface area (Å²) in [6.07, 6.45) is 0.897. The van der Waals surface area contributed by atoms with Crippen LogP contribution in [-0.4, -0.2) is 45.4 Å². The summed E-state index contributed by atoms with van der Waals surface area (Å²) in [6.45, 7) is 5.40. The Morgan fingerprint density at radius 3 is 2.43 bits per heavy atom. The van der Waals surface area contributed by atoms with Crippen molar-refractivity contribution in [3.8, 4) is 0 Å². The molecule has 0 aliphatic carbocycles. The molecule has 1 saturated heterocycles. The van der Waals surface area contributed by atoms with Gasteiger partial charge in [-0.1, -0.05) is 23.8 Å². The molecule has 0 aromatic heterocycles. The summed E-state index contributed by atoms with van der Waals surface area (Å²) >= 11 is 0. The van der Waals surface area contributed by atoms with E-state index in [4.69, 9.17) is 0 Å². The summed E-state index contributed by atoms with van der Waals surface area (Å²) in [7, 11) is -2.01. The number of carbonyl (C=O) groups is 1. The number of halogens is 1. The number of nitrogens with one attached hydrogen (secondary N) is 2. The van der Waals surface area contributed by atoms with Gasteiger partial charge in [0.05, 0.1) is 4.90 Å². The van der Waals surface area contributed by atoms with Gasteiger partial charge < -0.3 is 10.2 Å². The van der Waals surface area contributed by atoms with Crippen molar-refractivity contribution < 1.29 is 13.2 Å². The van der Waals surface area contributed by atoms with Crippen molar-refractivity contribution in [1.29, 1.82) is 0 Å². The van der Waals surface area contributed by atoms with Gasteiger partial charge in [0.15, 0.2) is 0 Å². The summed E-state index contributed by atoms with van der Waals surface area (Å²) in [4.78, 5) is 14.7. The highest BCUT2D eigenvalue weighted by atomic mass is 35.5. The van der Waals surface area contributed by atoms with Crippen LogP contribution < -0.4 is 10.0 Å². The second-order valence-corrected chi connectivity index (χ2v) is 8.69. The SMILES string of the molecule is Cc1ccc(NS(=O)(=O)c2ccc(C)c(C(=O)N(C)C3CCNC3)c2)cc1.Cl.